The Labute approximate surface area is 87.5 Å². The van der Waals surface area contributed by atoms with Gasteiger partial charge in [-0.05, 0) is 31.8 Å². The number of benzene rings is 1. The van der Waals surface area contributed by atoms with Crippen LogP contribution in [0.1, 0.15) is 17.3 Å². The second kappa shape index (κ2) is 4.98. The maximum Gasteiger partial charge on any atom is 0.176 e. The fourth-order valence-corrected chi connectivity index (χ4v) is 1.12. The molecule has 1 rings (SSSR count). The highest BCUT2D eigenvalue weighted by Gasteiger charge is 2.10. The Morgan fingerprint density at radius 1 is 1.33 bits per heavy atom. The Morgan fingerprint density at radius 3 is 2.53 bits per heavy atom. The van der Waals surface area contributed by atoms with E-state index in [1.54, 1.807) is 11.9 Å². The first-order valence-corrected chi connectivity index (χ1v) is 4.71. The summed E-state index contributed by atoms with van der Waals surface area (Å²) in [7, 11) is 1.79. The Bertz CT molecular complexity index is 366. The van der Waals surface area contributed by atoms with E-state index in [0.29, 0.717) is 0 Å². The van der Waals surface area contributed by atoms with Crippen molar-refractivity contribution in [3.63, 3.8) is 0 Å². The molecule has 0 saturated heterocycles. The molecule has 0 spiro atoms. The monoisotopic (exact) mass is 213 g/mol. The molecular weight excluding hydrogens is 200 g/mol. The molecule has 82 valence electrons. The Kier molecular flexibility index (Phi) is 3.91. The van der Waals surface area contributed by atoms with E-state index in [2.05, 4.69) is 0 Å². The van der Waals surface area contributed by atoms with E-state index in [4.69, 9.17) is 0 Å². The van der Waals surface area contributed by atoms with E-state index < -0.39 is 11.6 Å². The first-order valence-electron chi connectivity index (χ1n) is 4.71. The number of rotatable bonds is 4. The first kappa shape index (κ1) is 11.8. The van der Waals surface area contributed by atoms with E-state index in [1.165, 1.54) is 6.07 Å². The molecule has 0 aliphatic rings. The van der Waals surface area contributed by atoms with Gasteiger partial charge in [-0.15, -0.1) is 0 Å². The second-order valence-corrected chi connectivity index (χ2v) is 3.38. The Balaban J connectivity index is 2.78. The topological polar surface area (TPSA) is 20.3 Å². The third kappa shape index (κ3) is 3.09. The lowest BCUT2D eigenvalue weighted by atomic mass is 10.1. The van der Waals surface area contributed by atoms with Gasteiger partial charge >= 0.3 is 0 Å². The maximum atomic E-state index is 12.8. The molecule has 0 aromatic heterocycles. The van der Waals surface area contributed by atoms with Gasteiger partial charge in [0.05, 0.1) is 6.54 Å². The molecule has 0 amide bonds. The van der Waals surface area contributed by atoms with Gasteiger partial charge in [-0.2, -0.15) is 0 Å². The highest BCUT2D eigenvalue weighted by Crippen LogP contribution is 2.09. The summed E-state index contributed by atoms with van der Waals surface area (Å²) in [6, 6.07) is 3.19. The van der Waals surface area contributed by atoms with Gasteiger partial charge in [-0.25, -0.2) is 8.78 Å². The highest BCUT2D eigenvalue weighted by molar-refractivity contribution is 5.97. The van der Waals surface area contributed by atoms with E-state index in [9.17, 15) is 13.6 Å². The smallest absolute Gasteiger partial charge is 0.176 e. The molecule has 4 heteroatoms. The average Bonchev–Trinajstić information content (AvgIpc) is 2.21. The minimum atomic E-state index is -0.986. The van der Waals surface area contributed by atoms with Crippen molar-refractivity contribution in [3.8, 4) is 0 Å². The molecule has 0 aliphatic carbocycles. The number of carbonyl (C=O) groups excluding carboxylic acids is 1. The predicted molar refractivity (Wildman–Crippen MR) is 53.9 cm³/mol. The molecule has 0 fully saturated rings. The molecule has 15 heavy (non-hydrogen) atoms. The summed E-state index contributed by atoms with van der Waals surface area (Å²) in [5, 5.41) is 0. The van der Waals surface area contributed by atoms with E-state index in [-0.39, 0.29) is 17.9 Å². The maximum absolute atomic E-state index is 12.8. The molecule has 0 N–H and O–H groups in total. The molecule has 1 aromatic carbocycles. The quantitative estimate of drug-likeness (QED) is 0.714. The summed E-state index contributed by atoms with van der Waals surface area (Å²) in [5.74, 6) is -2.13. The average molecular weight is 213 g/mol. The molecular formula is C11H13F2NO. The van der Waals surface area contributed by atoms with Gasteiger partial charge in [-0.3, -0.25) is 9.69 Å². The highest BCUT2D eigenvalue weighted by atomic mass is 19.2. The molecule has 0 unspecified atom stereocenters. The van der Waals surface area contributed by atoms with Crippen molar-refractivity contribution in [3.05, 3.63) is 35.4 Å². The van der Waals surface area contributed by atoms with Gasteiger partial charge in [-0.1, -0.05) is 6.92 Å². The summed E-state index contributed by atoms with van der Waals surface area (Å²) >= 11 is 0. The first-order chi connectivity index (χ1) is 7.04. The number of likely N-dealkylation sites (N-methyl/N-ethyl adjacent to an activating group) is 1. The van der Waals surface area contributed by atoms with Crippen LogP contribution in [0.4, 0.5) is 8.78 Å². The fraction of sp³-hybridized carbons (Fsp3) is 0.364. The lowest BCUT2D eigenvalue weighted by molar-refractivity contribution is 0.0948. The third-order valence-electron chi connectivity index (χ3n) is 2.19. The van der Waals surface area contributed by atoms with Crippen LogP contribution in [0.25, 0.3) is 0 Å². The summed E-state index contributed by atoms with van der Waals surface area (Å²) < 4.78 is 25.4. The summed E-state index contributed by atoms with van der Waals surface area (Å²) in [5.41, 5.74) is 0.203. The minimum absolute atomic E-state index is 0.203. The zero-order valence-corrected chi connectivity index (χ0v) is 8.76. The summed E-state index contributed by atoms with van der Waals surface area (Å²) in [6.45, 7) is 2.86. The van der Waals surface area contributed by atoms with Gasteiger partial charge in [0.2, 0.25) is 0 Å². The van der Waals surface area contributed by atoms with Crippen LogP contribution >= 0.6 is 0 Å². The number of nitrogens with zero attached hydrogens (tertiary/aromatic N) is 1. The van der Waals surface area contributed by atoms with Crippen LogP contribution in [0.2, 0.25) is 0 Å². The van der Waals surface area contributed by atoms with Gasteiger partial charge < -0.3 is 0 Å². The Hall–Kier alpha value is -1.29. The lowest BCUT2D eigenvalue weighted by Gasteiger charge is -2.12. The predicted octanol–water partition coefficient (Wildman–Crippen LogP) is 2.10. The number of halogens is 2. The fourth-order valence-electron chi connectivity index (χ4n) is 1.12. The van der Waals surface area contributed by atoms with Crippen molar-refractivity contribution in [2.45, 2.75) is 6.92 Å². The van der Waals surface area contributed by atoms with Gasteiger partial charge in [0.1, 0.15) is 0 Å². The third-order valence-corrected chi connectivity index (χ3v) is 2.19. The molecule has 2 nitrogen and oxygen atoms in total. The van der Waals surface area contributed by atoms with Crippen molar-refractivity contribution in [2.24, 2.45) is 0 Å². The zero-order valence-electron chi connectivity index (χ0n) is 8.76. The summed E-state index contributed by atoms with van der Waals surface area (Å²) in [4.78, 5) is 13.3. The van der Waals surface area contributed by atoms with Gasteiger partial charge in [0.15, 0.2) is 17.4 Å². The second-order valence-electron chi connectivity index (χ2n) is 3.38. The van der Waals surface area contributed by atoms with Crippen LogP contribution in [0.3, 0.4) is 0 Å². The number of Topliss-reactive ketones (excluding diaryl/α,β-unsaturated/α-hetero) is 1. The lowest BCUT2D eigenvalue weighted by Crippen LogP contribution is -2.25. The SMILES string of the molecule is CCN(C)CC(=O)c1ccc(F)c(F)c1. The molecule has 0 bridgehead atoms. The van der Waals surface area contributed by atoms with E-state index in [0.717, 1.165) is 18.7 Å². The normalized spacial score (nSPS) is 10.7. The number of carbonyl (C=O) groups is 1. The van der Waals surface area contributed by atoms with Crippen LogP contribution in [-0.4, -0.2) is 30.8 Å². The van der Waals surface area contributed by atoms with E-state index in [1.807, 2.05) is 6.92 Å². The minimum Gasteiger partial charge on any atom is -0.299 e. The number of hydrogen-bond donors (Lipinski definition) is 0. The molecule has 0 saturated carbocycles. The zero-order chi connectivity index (χ0) is 11.4. The van der Waals surface area contributed by atoms with Crippen LogP contribution in [0.15, 0.2) is 18.2 Å². The number of hydrogen-bond acceptors (Lipinski definition) is 2. The van der Waals surface area contributed by atoms with Crippen LogP contribution in [0, 0.1) is 11.6 Å². The van der Waals surface area contributed by atoms with Gasteiger partial charge in [0, 0.05) is 5.56 Å². The van der Waals surface area contributed by atoms with Crippen LogP contribution in [0.5, 0.6) is 0 Å². The van der Waals surface area contributed by atoms with Crippen molar-refractivity contribution in [1.82, 2.24) is 4.90 Å². The van der Waals surface area contributed by atoms with Crippen LogP contribution < -0.4 is 0 Å². The largest absolute Gasteiger partial charge is 0.299 e. The number of ketones is 1. The molecule has 0 radical (unpaired) electrons. The van der Waals surface area contributed by atoms with Crippen molar-refractivity contribution in [2.75, 3.05) is 20.1 Å². The molecule has 0 aliphatic heterocycles. The molecule has 1 aromatic rings. The van der Waals surface area contributed by atoms with Crippen molar-refractivity contribution >= 4 is 5.78 Å². The Morgan fingerprint density at radius 2 is 2.00 bits per heavy atom. The molecule has 0 atom stereocenters. The van der Waals surface area contributed by atoms with E-state index >= 15 is 0 Å². The standard InChI is InChI=1S/C11H13F2NO/c1-3-14(2)7-11(15)8-4-5-9(12)10(13)6-8/h4-6H,3,7H2,1-2H3. The van der Waals surface area contributed by atoms with Crippen molar-refractivity contribution in [1.29, 1.82) is 0 Å². The van der Waals surface area contributed by atoms with Crippen LogP contribution in [-0.2, 0) is 0 Å². The van der Waals surface area contributed by atoms with Gasteiger partial charge in [0.25, 0.3) is 0 Å². The van der Waals surface area contributed by atoms with Crippen molar-refractivity contribution < 1.29 is 13.6 Å². The summed E-state index contributed by atoms with van der Waals surface area (Å²) in [6.07, 6.45) is 0. The molecule has 0 heterocycles.